The van der Waals surface area contributed by atoms with Gasteiger partial charge in [0.2, 0.25) is 5.13 Å². The Bertz CT molecular complexity index is 984. The molecular formula is C16H13F6N5OS2. The molecule has 3 aromatic rings. The van der Waals surface area contributed by atoms with Gasteiger partial charge in [-0.05, 0) is 25.1 Å². The first-order valence-electron chi connectivity index (χ1n) is 7.87. The maximum absolute atomic E-state index is 13.0. The molecule has 0 bridgehead atoms. The molecule has 0 saturated carbocycles. The van der Waals surface area contributed by atoms with Gasteiger partial charge in [0, 0.05) is 17.1 Å². The molecule has 0 unspecified atom stereocenters. The number of nitrogens with one attached hydrogen (secondary N) is 1. The number of nitrogens with zero attached hydrogens (tertiary/aromatic N) is 4. The van der Waals surface area contributed by atoms with E-state index in [1.165, 1.54) is 35.5 Å². The molecule has 0 spiro atoms. The Balaban J connectivity index is 0.00000320. The average Bonchev–Trinajstić information content (AvgIpc) is 3.30. The Morgan fingerprint density at radius 1 is 1.07 bits per heavy atom. The Morgan fingerprint density at radius 3 is 2.17 bits per heavy atom. The summed E-state index contributed by atoms with van der Waals surface area (Å²) in [5.41, 5.74) is -3.92. The number of hydrogen-bond acceptors (Lipinski definition) is 5. The van der Waals surface area contributed by atoms with Crippen LogP contribution < -0.4 is 5.32 Å². The quantitative estimate of drug-likeness (QED) is 0.577. The first-order chi connectivity index (χ1) is 13.5. The first-order valence-corrected chi connectivity index (χ1v) is 8.75. The molecule has 3 rings (SSSR count). The van der Waals surface area contributed by atoms with Crippen LogP contribution in [0.2, 0.25) is 0 Å². The fourth-order valence-electron chi connectivity index (χ4n) is 2.44. The normalized spacial score (nSPS) is 12.9. The van der Waals surface area contributed by atoms with Crippen LogP contribution in [-0.4, -0.2) is 25.7 Å². The smallest absolute Gasteiger partial charge is 0.342 e. The fraction of sp³-hybridized carbons (Fsp3) is 0.250. The third-order valence-corrected chi connectivity index (χ3v) is 4.51. The molecule has 0 fully saturated rings. The van der Waals surface area contributed by atoms with Gasteiger partial charge in [0.1, 0.15) is 6.33 Å². The van der Waals surface area contributed by atoms with E-state index in [1.54, 1.807) is 5.38 Å². The zero-order valence-corrected chi connectivity index (χ0v) is 16.7. The fourth-order valence-corrected chi connectivity index (χ4v) is 3.05. The molecule has 0 saturated heterocycles. The van der Waals surface area contributed by atoms with E-state index in [0.717, 1.165) is 0 Å². The summed E-state index contributed by atoms with van der Waals surface area (Å²) in [5.74, 6) is -0.917. The Hall–Kier alpha value is -2.61. The molecule has 0 radical (unpaired) electrons. The van der Waals surface area contributed by atoms with Crippen molar-refractivity contribution in [3.05, 3.63) is 58.6 Å². The molecular weight excluding hydrogens is 456 g/mol. The van der Waals surface area contributed by atoms with Crippen molar-refractivity contribution in [1.29, 1.82) is 0 Å². The standard InChI is InChI=1S/C16H11F6N5OS.H2S/c1-8(12-24-7-25-27(12)14-23-2-3-29-14)26-13(28)9-4-10(15(17,18)19)6-11(5-9)16(20,21)22;/h2-8H,1H3,(H,26,28);1H2/t8-;/m0./s1. The Kier molecular flexibility index (Phi) is 6.81. The van der Waals surface area contributed by atoms with E-state index in [2.05, 4.69) is 20.4 Å². The van der Waals surface area contributed by atoms with Crippen molar-refractivity contribution in [2.24, 2.45) is 0 Å². The molecule has 162 valence electrons. The third kappa shape index (κ3) is 5.11. The van der Waals surface area contributed by atoms with Gasteiger partial charge in [-0.3, -0.25) is 4.79 Å². The van der Waals surface area contributed by atoms with Crippen LogP contribution in [0.3, 0.4) is 0 Å². The van der Waals surface area contributed by atoms with E-state index >= 15 is 0 Å². The lowest BCUT2D eigenvalue weighted by molar-refractivity contribution is -0.143. The SMILES string of the molecule is C[C@H](NC(=O)c1cc(C(F)(F)F)cc(C(F)(F)F)c1)c1ncnn1-c1nccs1.S. The summed E-state index contributed by atoms with van der Waals surface area (Å²) in [4.78, 5) is 20.4. The van der Waals surface area contributed by atoms with Gasteiger partial charge in [-0.2, -0.15) is 49.6 Å². The zero-order chi connectivity index (χ0) is 21.4. The highest BCUT2D eigenvalue weighted by atomic mass is 32.1. The van der Waals surface area contributed by atoms with Crippen molar-refractivity contribution in [2.45, 2.75) is 25.3 Å². The molecule has 1 amide bonds. The first kappa shape index (κ1) is 23.7. The van der Waals surface area contributed by atoms with Crippen LogP contribution in [-0.2, 0) is 12.4 Å². The molecule has 0 aliphatic rings. The molecule has 30 heavy (non-hydrogen) atoms. The summed E-state index contributed by atoms with van der Waals surface area (Å²) in [7, 11) is 0. The molecule has 1 atom stereocenters. The van der Waals surface area contributed by atoms with Gasteiger partial charge >= 0.3 is 12.4 Å². The predicted octanol–water partition coefficient (Wildman–Crippen LogP) is 4.37. The largest absolute Gasteiger partial charge is 0.416 e. The number of thiazole rings is 1. The second-order valence-electron chi connectivity index (χ2n) is 5.83. The van der Waals surface area contributed by atoms with Crippen LogP contribution in [0.25, 0.3) is 5.13 Å². The Morgan fingerprint density at radius 2 is 1.67 bits per heavy atom. The number of halogens is 6. The Labute approximate surface area is 176 Å². The van der Waals surface area contributed by atoms with Crippen molar-refractivity contribution in [3.63, 3.8) is 0 Å². The number of aromatic nitrogens is 4. The van der Waals surface area contributed by atoms with Crippen molar-refractivity contribution in [1.82, 2.24) is 25.1 Å². The minimum atomic E-state index is -5.05. The van der Waals surface area contributed by atoms with Crippen molar-refractivity contribution >= 4 is 30.7 Å². The van der Waals surface area contributed by atoms with Gasteiger partial charge in [0.25, 0.3) is 5.91 Å². The maximum Gasteiger partial charge on any atom is 0.416 e. The number of carbonyl (C=O) groups is 1. The van der Waals surface area contributed by atoms with Crippen LogP contribution in [0, 0.1) is 0 Å². The predicted molar refractivity (Wildman–Crippen MR) is 99.7 cm³/mol. The number of hydrogen-bond donors (Lipinski definition) is 1. The molecule has 2 aromatic heterocycles. The van der Waals surface area contributed by atoms with Crippen LogP contribution >= 0.6 is 24.8 Å². The lowest BCUT2D eigenvalue weighted by Crippen LogP contribution is -2.29. The molecule has 0 aliphatic carbocycles. The van der Waals surface area contributed by atoms with Gasteiger partial charge in [-0.1, -0.05) is 0 Å². The summed E-state index contributed by atoms with van der Waals surface area (Å²) in [5, 5.41) is 8.40. The van der Waals surface area contributed by atoms with E-state index in [-0.39, 0.29) is 25.4 Å². The second kappa shape index (κ2) is 8.63. The van der Waals surface area contributed by atoms with Crippen LogP contribution in [0.5, 0.6) is 0 Å². The summed E-state index contributed by atoms with van der Waals surface area (Å²) >= 11 is 1.22. The monoisotopic (exact) mass is 469 g/mol. The molecule has 1 N–H and O–H groups in total. The van der Waals surface area contributed by atoms with Gasteiger partial charge in [0.05, 0.1) is 17.2 Å². The molecule has 2 heterocycles. The van der Waals surface area contributed by atoms with Crippen molar-refractivity contribution < 1.29 is 31.1 Å². The topological polar surface area (TPSA) is 72.7 Å². The number of benzene rings is 1. The van der Waals surface area contributed by atoms with Crippen molar-refractivity contribution in [2.75, 3.05) is 0 Å². The second-order valence-corrected chi connectivity index (χ2v) is 6.71. The van der Waals surface area contributed by atoms with Gasteiger partial charge in [-0.25, -0.2) is 9.97 Å². The number of carbonyl (C=O) groups excluding carboxylic acids is 1. The van der Waals surface area contributed by atoms with E-state index < -0.39 is 41.0 Å². The highest BCUT2D eigenvalue weighted by Gasteiger charge is 2.37. The van der Waals surface area contributed by atoms with E-state index in [4.69, 9.17) is 0 Å². The van der Waals surface area contributed by atoms with Crippen LogP contribution in [0.4, 0.5) is 26.3 Å². The highest BCUT2D eigenvalue weighted by Crippen LogP contribution is 2.36. The third-order valence-electron chi connectivity index (χ3n) is 3.76. The zero-order valence-electron chi connectivity index (χ0n) is 14.9. The van der Waals surface area contributed by atoms with Gasteiger partial charge < -0.3 is 5.32 Å². The maximum atomic E-state index is 13.0. The highest BCUT2D eigenvalue weighted by molar-refractivity contribution is 7.59. The number of amides is 1. The van der Waals surface area contributed by atoms with Gasteiger partial charge in [0.15, 0.2) is 5.82 Å². The number of rotatable bonds is 4. The molecule has 1 aromatic carbocycles. The lowest BCUT2D eigenvalue weighted by atomic mass is 10.0. The molecule has 14 heteroatoms. The van der Waals surface area contributed by atoms with Crippen LogP contribution in [0.15, 0.2) is 36.1 Å². The van der Waals surface area contributed by atoms with E-state index in [9.17, 15) is 31.1 Å². The minimum absolute atomic E-state index is 0. The summed E-state index contributed by atoms with van der Waals surface area (Å²) < 4.78 is 79.1. The number of alkyl halides is 6. The van der Waals surface area contributed by atoms with E-state index in [0.29, 0.717) is 17.3 Å². The van der Waals surface area contributed by atoms with Crippen molar-refractivity contribution in [3.8, 4) is 5.13 Å². The lowest BCUT2D eigenvalue weighted by Gasteiger charge is -2.16. The summed E-state index contributed by atoms with van der Waals surface area (Å²) in [6.07, 6.45) is -7.40. The summed E-state index contributed by atoms with van der Waals surface area (Å²) in [6.45, 7) is 1.46. The molecule has 0 aliphatic heterocycles. The van der Waals surface area contributed by atoms with Crippen LogP contribution in [0.1, 0.15) is 40.3 Å². The molecule has 6 nitrogen and oxygen atoms in total. The van der Waals surface area contributed by atoms with E-state index in [1.807, 2.05) is 0 Å². The van der Waals surface area contributed by atoms with Gasteiger partial charge in [-0.15, -0.1) is 11.3 Å². The minimum Gasteiger partial charge on any atom is -0.342 e. The summed E-state index contributed by atoms with van der Waals surface area (Å²) in [6, 6.07) is -0.192. The average molecular weight is 469 g/mol.